The number of benzene rings is 4. The summed E-state index contributed by atoms with van der Waals surface area (Å²) in [6.07, 6.45) is 0.0843. The van der Waals surface area contributed by atoms with Crippen LogP contribution >= 0.6 is 31.9 Å². The number of nitrogens with zero attached hydrogens (tertiary/aromatic N) is 1. The van der Waals surface area contributed by atoms with E-state index in [4.69, 9.17) is 29.0 Å². The van der Waals surface area contributed by atoms with Crippen LogP contribution in [-0.2, 0) is 22.5 Å². The van der Waals surface area contributed by atoms with E-state index in [1.807, 2.05) is 91.0 Å². The van der Waals surface area contributed by atoms with Gasteiger partial charge in [0.2, 0.25) is 12.7 Å². The van der Waals surface area contributed by atoms with Crippen LogP contribution in [0, 0.1) is 0 Å². The number of aliphatic hydroxyl groups is 1. The number of fused-ring (bicyclic) bond motifs is 1. The maximum absolute atomic E-state index is 14.5. The molecule has 4 aromatic carbocycles. The van der Waals surface area contributed by atoms with Crippen molar-refractivity contribution in [3.05, 3.63) is 122 Å². The maximum atomic E-state index is 14.5. The lowest BCUT2D eigenvalue weighted by Crippen LogP contribution is -2.49. The van der Waals surface area contributed by atoms with Crippen molar-refractivity contribution in [1.82, 2.24) is 5.32 Å². The van der Waals surface area contributed by atoms with Gasteiger partial charge in [-0.1, -0.05) is 74.3 Å². The average Bonchev–Trinajstić information content (AvgIpc) is 3.67. The van der Waals surface area contributed by atoms with Crippen LogP contribution in [0.1, 0.15) is 34.8 Å². The highest BCUT2D eigenvalue weighted by Gasteiger charge is 2.54. The molecule has 2 aliphatic rings. The number of amides is 1. The number of nitrogens with one attached hydrogen (secondary N) is 1. The molecule has 0 radical (unpaired) electrons. The number of aliphatic hydroxyl groups excluding tert-OH is 1. The SMILES string of the molecule is O=C(NCc1ccc2c(c1)OCO2)[C@]1(Cc2ccccc2Br)N=C(c2ccc(OCCCO)cc2)O[C@@H]1c1ccccc1Br. The molecule has 2 aliphatic heterocycles. The van der Waals surface area contributed by atoms with E-state index >= 15 is 0 Å². The Hall–Kier alpha value is -3.86. The number of halogens is 2. The predicted octanol–water partition coefficient (Wildman–Crippen LogP) is 6.52. The van der Waals surface area contributed by atoms with Crippen molar-refractivity contribution in [2.24, 2.45) is 4.99 Å². The molecule has 1 amide bonds. The number of carbonyl (C=O) groups excluding carboxylic acids is 1. The van der Waals surface area contributed by atoms with Gasteiger partial charge in [0, 0.05) is 46.1 Å². The minimum Gasteiger partial charge on any atom is -0.494 e. The second-order valence-electron chi connectivity index (χ2n) is 10.4. The van der Waals surface area contributed by atoms with Crippen molar-refractivity contribution in [2.45, 2.75) is 31.0 Å². The fourth-order valence-corrected chi connectivity index (χ4v) is 6.18. The summed E-state index contributed by atoms with van der Waals surface area (Å²) in [4.78, 5) is 19.7. The lowest BCUT2D eigenvalue weighted by Gasteiger charge is -2.31. The lowest BCUT2D eigenvalue weighted by atomic mass is 9.82. The largest absolute Gasteiger partial charge is 0.494 e. The van der Waals surface area contributed by atoms with E-state index in [9.17, 15) is 4.79 Å². The second-order valence-corrected chi connectivity index (χ2v) is 12.2. The van der Waals surface area contributed by atoms with Crippen LogP contribution in [0.2, 0.25) is 0 Å². The molecule has 2 atom stereocenters. The van der Waals surface area contributed by atoms with E-state index in [1.165, 1.54) is 0 Å². The maximum Gasteiger partial charge on any atom is 0.252 e. The molecular weight excluding hydrogens is 692 g/mol. The lowest BCUT2D eigenvalue weighted by molar-refractivity contribution is -0.129. The Bertz CT molecular complexity index is 1680. The topological polar surface area (TPSA) is 98.6 Å². The molecule has 2 heterocycles. The van der Waals surface area contributed by atoms with Gasteiger partial charge in [-0.05, 0) is 59.7 Å². The fraction of sp³-hybridized carbons (Fsp3) is 0.235. The van der Waals surface area contributed by atoms with E-state index in [1.54, 1.807) is 0 Å². The zero-order valence-corrected chi connectivity index (χ0v) is 26.8. The zero-order chi connectivity index (χ0) is 30.5. The van der Waals surface area contributed by atoms with Crippen molar-refractivity contribution >= 4 is 43.7 Å². The van der Waals surface area contributed by atoms with Gasteiger partial charge in [0.05, 0.1) is 6.61 Å². The van der Waals surface area contributed by atoms with Crippen molar-refractivity contribution in [1.29, 1.82) is 0 Å². The summed E-state index contributed by atoms with van der Waals surface area (Å²) in [5.74, 6) is 2.09. The quantitative estimate of drug-likeness (QED) is 0.171. The van der Waals surface area contributed by atoms with Crippen molar-refractivity contribution in [3.8, 4) is 17.2 Å². The monoisotopic (exact) mass is 720 g/mol. The van der Waals surface area contributed by atoms with Crippen molar-refractivity contribution in [2.75, 3.05) is 20.0 Å². The van der Waals surface area contributed by atoms with Crippen molar-refractivity contribution in [3.63, 3.8) is 0 Å². The first kappa shape index (κ1) is 30.2. The minimum absolute atomic E-state index is 0.0650. The summed E-state index contributed by atoms with van der Waals surface area (Å²) < 4.78 is 25.0. The highest BCUT2D eigenvalue weighted by molar-refractivity contribution is 9.10. The highest BCUT2D eigenvalue weighted by Crippen LogP contribution is 2.45. The second kappa shape index (κ2) is 13.4. The number of aliphatic imine (C=N–C) groups is 1. The van der Waals surface area contributed by atoms with Gasteiger partial charge in [0.25, 0.3) is 5.91 Å². The molecule has 0 aromatic heterocycles. The third-order valence-corrected chi connectivity index (χ3v) is 9.02. The smallest absolute Gasteiger partial charge is 0.252 e. The Morgan fingerprint density at radius 1 is 0.955 bits per heavy atom. The van der Waals surface area contributed by atoms with Gasteiger partial charge in [0.1, 0.15) is 5.75 Å². The highest BCUT2D eigenvalue weighted by atomic mass is 79.9. The first-order valence-electron chi connectivity index (χ1n) is 14.2. The van der Waals surface area contributed by atoms with E-state index in [-0.39, 0.29) is 32.3 Å². The van der Waals surface area contributed by atoms with E-state index < -0.39 is 11.6 Å². The number of rotatable bonds is 11. The molecule has 0 saturated heterocycles. The third kappa shape index (κ3) is 6.33. The standard InChI is InChI=1S/C34H30Br2N2O6/c35-27-8-3-1-6-24(27)19-34(33(40)37-20-22-10-15-29-30(18-22)43-21-42-29)31(26-7-2-4-9-28(26)36)44-32(38-34)23-11-13-25(14-12-23)41-17-5-16-39/h1-4,6-15,18,31,39H,5,16-17,19-21H2,(H,37,40)/t31-,34-/m1/s1. The molecule has 6 rings (SSSR count). The van der Waals surface area contributed by atoms with Crippen LogP contribution in [0.4, 0.5) is 0 Å². The van der Waals surface area contributed by atoms with Gasteiger partial charge < -0.3 is 29.4 Å². The Labute approximate surface area is 272 Å². The molecule has 0 spiro atoms. The normalized spacial score (nSPS) is 18.4. The number of ether oxygens (including phenoxy) is 4. The molecule has 2 N–H and O–H groups in total. The molecule has 0 fully saturated rings. The van der Waals surface area contributed by atoms with Crippen LogP contribution in [-0.4, -0.2) is 42.5 Å². The Morgan fingerprint density at radius 2 is 1.70 bits per heavy atom. The van der Waals surface area contributed by atoms with E-state index in [0.717, 1.165) is 25.6 Å². The number of hydrogen-bond donors (Lipinski definition) is 2. The number of hydrogen-bond acceptors (Lipinski definition) is 7. The summed E-state index contributed by atoms with van der Waals surface area (Å²) in [6.45, 7) is 0.921. The van der Waals surface area contributed by atoms with E-state index in [0.29, 0.717) is 41.7 Å². The number of carbonyl (C=O) groups is 1. The Kier molecular flexibility index (Phi) is 9.20. The molecular formula is C34H30Br2N2O6. The summed E-state index contributed by atoms with van der Waals surface area (Å²) in [6, 6.07) is 28.6. The minimum atomic E-state index is -1.35. The molecule has 8 nitrogen and oxygen atoms in total. The molecule has 0 saturated carbocycles. The van der Waals surface area contributed by atoms with Gasteiger partial charge >= 0.3 is 0 Å². The molecule has 10 heteroatoms. The molecule has 226 valence electrons. The molecule has 44 heavy (non-hydrogen) atoms. The van der Waals surface area contributed by atoms with Gasteiger partial charge in [0.15, 0.2) is 23.1 Å². The van der Waals surface area contributed by atoms with Gasteiger partial charge in [-0.3, -0.25) is 4.79 Å². The summed E-state index contributed by atoms with van der Waals surface area (Å²) >= 11 is 7.37. The fourth-order valence-electron chi connectivity index (χ4n) is 5.27. The van der Waals surface area contributed by atoms with Gasteiger partial charge in [-0.25, -0.2) is 4.99 Å². The van der Waals surface area contributed by atoms with E-state index in [2.05, 4.69) is 37.2 Å². The first-order valence-corrected chi connectivity index (χ1v) is 15.8. The average molecular weight is 722 g/mol. The predicted molar refractivity (Wildman–Crippen MR) is 173 cm³/mol. The zero-order valence-electron chi connectivity index (χ0n) is 23.7. The van der Waals surface area contributed by atoms with Crippen LogP contribution in [0.25, 0.3) is 0 Å². The first-order chi connectivity index (χ1) is 21.5. The van der Waals surface area contributed by atoms with Crippen LogP contribution in [0.15, 0.2) is 105 Å². The van der Waals surface area contributed by atoms with Crippen LogP contribution in [0.5, 0.6) is 17.2 Å². The van der Waals surface area contributed by atoms with Gasteiger partial charge in [-0.15, -0.1) is 0 Å². The van der Waals surface area contributed by atoms with Crippen LogP contribution < -0.4 is 19.5 Å². The molecule has 0 bridgehead atoms. The molecule has 4 aromatic rings. The van der Waals surface area contributed by atoms with Crippen LogP contribution in [0.3, 0.4) is 0 Å². The summed E-state index contributed by atoms with van der Waals surface area (Å²) in [5, 5.41) is 12.2. The Balaban J connectivity index is 1.39. The summed E-state index contributed by atoms with van der Waals surface area (Å²) in [7, 11) is 0. The Morgan fingerprint density at radius 3 is 2.48 bits per heavy atom. The van der Waals surface area contributed by atoms with Gasteiger partial charge in [-0.2, -0.15) is 0 Å². The molecule has 0 aliphatic carbocycles. The summed E-state index contributed by atoms with van der Waals surface area (Å²) in [5.41, 5.74) is 1.96. The third-order valence-electron chi connectivity index (χ3n) is 7.53. The van der Waals surface area contributed by atoms with Crippen molar-refractivity contribution < 1.29 is 28.8 Å². The molecule has 0 unspecified atom stereocenters.